The molecule has 2 unspecified atom stereocenters. The monoisotopic (exact) mass is 818 g/mol. The lowest BCUT2D eigenvalue weighted by atomic mass is 9.86. The van der Waals surface area contributed by atoms with Gasteiger partial charge in [-0.1, -0.05) is 133 Å². The van der Waals surface area contributed by atoms with Gasteiger partial charge in [0, 0.05) is 33.4 Å². The van der Waals surface area contributed by atoms with E-state index in [1.54, 1.807) is 12.1 Å². The first kappa shape index (κ1) is 35.8. The molecule has 2 aliphatic heterocycles. The Labute approximate surface area is 343 Å². The van der Waals surface area contributed by atoms with E-state index < -0.39 is 15.6 Å². The molecule has 0 saturated heterocycles. The summed E-state index contributed by atoms with van der Waals surface area (Å²) >= 11 is 0. The third kappa shape index (κ3) is 5.52. The normalized spacial score (nSPS) is 17.6. The summed E-state index contributed by atoms with van der Waals surface area (Å²) in [7, 11) is -9.57. The second-order valence-electron chi connectivity index (χ2n) is 14.6. The van der Waals surface area contributed by atoms with E-state index in [0.717, 1.165) is 43.1 Å². The summed E-state index contributed by atoms with van der Waals surface area (Å²) < 4.78 is 51.4. The van der Waals surface area contributed by atoms with Crippen molar-refractivity contribution in [3.05, 3.63) is 157 Å². The van der Waals surface area contributed by atoms with Gasteiger partial charge in [-0.25, -0.2) is 9.13 Å². The van der Waals surface area contributed by atoms with Crippen molar-refractivity contribution < 1.29 is 37.0 Å². The second-order valence-corrected chi connectivity index (χ2v) is 17.2. The van der Waals surface area contributed by atoms with Crippen LogP contribution in [0.1, 0.15) is 11.1 Å². The molecule has 60 heavy (non-hydrogen) atoms. The van der Waals surface area contributed by atoms with Crippen LogP contribution in [0, 0.1) is 24.7 Å². The van der Waals surface area contributed by atoms with Crippen LogP contribution in [0.3, 0.4) is 0 Å². The fourth-order valence-corrected chi connectivity index (χ4v) is 10.4. The van der Waals surface area contributed by atoms with Crippen LogP contribution < -0.4 is 18.1 Å². The Morgan fingerprint density at radius 1 is 0.400 bits per heavy atom. The Morgan fingerprint density at radius 2 is 0.683 bits per heavy atom. The van der Waals surface area contributed by atoms with E-state index in [2.05, 4.69) is 11.8 Å². The van der Waals surface area contributed by atoms with Gasteiger partial charge in [0.2, 0.25) is 0 Å². The Kier molecular flexibility index (Phi) is 7.84. The molecule has 2 atom stereocenters. The molecule has 0 spiro atoms. The number of hydrogen-bond donors (Lipinski definition) is 2. The molecule has 2 N–H and O–H groups in total. The smallest absolute Gasteiger partial charge is 0.394 e. The van der Waals surface area contributed by atoms with Crippen LogP contribution >= 0.6 is 15.6 Å². The molecule has 0 radical (unpaired) electrons. The zero-order chi connectivity index (χ0) is 40.9. The highest BCUT2D eigenvalue weighted by atomic mass is 31.2. The fraction of sp³-hybridized carbons (Fsp3) is 0. The summed E-state index contributed by atoms with van der Waals surface area (Å²) in [5.41, 5.74) is 5.21. The Morgan fingerprint density at radius 3 is 1.02 bits per heavy atom. The quantitative estimate of drug-likeness (QED) is 0.131. The van der Waals surface area contributed by atoms with Gasteiger partial charge in [-0.05, 0) is 78.5 Å². The molecule has 0 aliphatic carbocycles. The van der Waals surface area contributed by atoms with Crippen LogP contribution in [0.15, 0.2) is 146 Å². The SMILES string of the molecule is C#Cc1cc2ccccc2c2c1OP(=O)(O)Oc1c(-c3ccc(-c4cc5ccccc5c5c4OP(=O)(O)Oc4c(C#C)cc6ccccc6c4-5)cc3)cc3ccccc3c1-2. The highest BCUT2D eigenvalue weighted by Gasteiger charge is 2.39. The van der Waals surface area contributed by atoms with Gasteiger partial charge in [0.05, 0.1) is 11.1 Å². The molecule has 11 rings (SSSR count). The Hall–Kier alpha value is -7.28. The van der Waals surface area contributed by atoms with Crippen molar-refractivity contribution in [2.75, 3.05) is 0 Å². The van der Waals surface area contributed by atoms with E-state index in [4.69, 9.17) is 30.9 Å². The van der Waals surface area contributed by atoms with E-state index in [1.165, 1.54) is 0 Å². The van der Waals surface area contributed by atoms with Crippen LogP contribution in [0.4, 0.5) is 0 Å². The zero-order valence-electron chi connectivity index (χ0n) is 31.2. The topological polar surface area (TPSA) is 112 Å². The van der Waals surface area contributed by atoms with Crippen molar-refractivity contribution in [2.24, 2.45) is 0 Å². The number of hydrogen-bond acceptors (Lipinski definition) is 6. The fourth-order valence-electron chi connectivity index (χ4n) is 8.66. The van der Waals surface area contributed by atoms with Gasteiger partial charge in [-0.2, -0.15) is 0 Å². The highest BCUT2D eigenvalue weighted by molar-refractivity contribution is 7.48. The average molecular weight is 819 g/mol. The molecule has 0 aromatic heterocycles. The van der Waals surface area contributed by atoms with Crippen molar-refractivity contribution in [2.45, 2.75) is 0 Å². The van der Waals surface area contributed by atoms with Gasteiger partial charge >= 0.3 is 15.6 Å². The predicted octanol–water partition coefficient (Wildman–Crippen LogP) is 12.7. The maximum Gasteiger partial charge on any atom is 0.585 e. The van der Waals surface area contributed by atoms with Gasteiger partial charge in [0.15, 0.2) is 11.5 Å². The third-order valence-corrected chi connectivity index (χ3v) is 12.8. The molecule has 10 heteroatoms. The molecule has 2 aliphatic rings. The maximum atomic E-state index is 13.8. The second kappa shape index (κ2) is 13.1. The van der Waals surface area contributed by atoms with Gasteiger partial charge in [0.25, 0.3) is 0 Å². The first-order valence-corrected chi connectivity index (χ1v) is 21.8. The van der Waals surface area contributed by atoms with E-state index in [1.807, 2.05) is 133 Å². The summed E-state index contributed by atoms with van der Waals surface area (Å²) in [6.45, 7) is 0. The summed E-state index contributed by atoms with van der Waals surface area (Å²) in [5.74, 6) is 5.78. The first-order valence-electron chi connectivity index (χ1n) is 18.8. The highest BCUT2D eigenvalue weighted by Crippen LogP contribution is 2.62. The number of fused-ring (bicyclic) bond motifs is 14. The van der Waals surface area contributed by atoms with E-state index in [-0.39, 0.29) is 23.0 Å². The number of rotatable bonds is 2. The molecule has 0 amide bonds. The summed E-state index contributed by atoms with van der Waals surface area (Å²) in [6.07, 6.45) is 12.0. The Bertz CT molecular complexity index is 3330. The minimum absolute atomic E-state index is 0.0873. The molecule has 286 valence electrons. The summed E-state index contributed by atoms with van der Waals surface area (Å²) in [4.78, 5) is 22.5. The number of phosphoric ester groups is 2. The van der Waals surface area contributed by atoms with Crippen LogP contribution in [-0.2, 0) is 9.13 Å². The molecule has 0 fully saturated rings. The molecular weight excluding hydrogens is 790 g/mol. The molecule has 0 bridgehead atoms. The lowest BCUT2D eigenvalue weighted by Crippen LogP contribution is -2.00. The lowest BCUT2D eigenvalue weighted by Gasteiger charge is -2.19. The van der Waals surface area contributed by atoms with Gasteiger partial charge < -0.3 is 18.1 Å². The molecule has 0 saturated carbocycles. The largest absolute Gasteiger partial charge is 0.585 e. The van der Waals surface area contributed by atoms with Crippen molar-refractivity contribution in [3.63, 3.8) is 0 Å². The molecule has 9 aromatic rings. The van der Waals surface area contributed by atoms with Crippen LogP contribution in [0.2, 0.25) is 0 Å². The van der Waals surface area contributed by atoms with Crippen LogP contribution in [-0.4, -0.2) is 9.79 Å². The van der Waals surface area contributed by atoms with E-state index >= 15 is 0 Å². The molecule has 2 heterocycles. The first-order chi connectivity index (χ1) is 29.1. The van der Waals surface area contributed by atoms with Crippen molar-refractivity contribution in [3.8, 4) is 92.2 Å². The van der Waals surface area contributed by atoms with Crippen LogP contribution in [0.5, 0.6) is 23.0 Å². The predicted molar refractivity (Wildman–Crippen MR) is 236 cm³/mol. The van der Waals surface area contributed by atoms with Crippen molar-refractivity contribution in [1.82, 2.24) is 0 Å². The molecular formula is C50H28O8P2. The third-order valence-electron chi connectivity index (χ3n) is 11.2. The molecule has 9 aromatic carbocycles. The van der Waals surface area contributed by atoms with Crippen molar-refractivity contribution >= 4 is 58.7 Å². The standard InChI is InChI=1S/C50H28O8P2/c1-3-29-25-33-13-5-9-17-37(33)43-45-39-19-11-7-15-35(39)27-41(49(45)57-59(51,52)55-47(29)43)31-21-23-32(24-22-31)42-28-36-16-8-12-20-40(36)46-44-38-18-10-6-14-34(38)26-30(4-2)48(44)56-60(53,54)58-50(42)46/h1-2,5-28H,(H,51,52)(H,53,54). The Balaban J connectivity index is 1.17. The molecule has 8 nitrogen and oxygen atoms in total. The zero-order valence-corrected chi connectivity index (χ0v) is 33.0. The average Bonchev–Trinajstić information content (AvgIpc) is 3.47. The minimum Gasteiger partial charge on any atom is -0.394 e. The summed E-state index contributed by atoms with van der Waals surface area (Å²) in [5, 5.41) is 6.42. The van der Waals surface area contributed by atoms with E-state index in [0.29, 0.717) is 55.6 Å². The summed E-state index contributed by atoms with van der Waals surface area (Å²) in [6, 6.07) is 45.5. The van der Waals surface area contributed by atoms with Gasteiger partial charge in [-0.15, -0.1) is 12.8 Å². The number of phosphoric acid groups is 2. The number of benzene rings is 9. The van der Waals surface area contributed by atoms with Crippen molar-refractivity contribution in [1.29, 1.82) is 0 Å². The van der Waals surface area contributed by atoms with Gasteiger partial charge in [0.1, 0.15) is 11.5 Å². The number of terminal acetylenes is 2. The minimum atomic E-state index is -4.79. The maximum absolute atomic E-state index is 13.8. The lowest BCUT2D eigenvalue weighted by molar-refractivity contribution is 0.292. The van der Waals surface area contributed by atoms with Crippen LogP contribution in [0.25, 0.3) is 87.6 Å². The van der Waals surface area contributed by atoms with Gasteiger partial charge in [-0.3, -0.25) is 9.79 Å². The van der Waals surface area contributed by atoms with E-state index in [9.17, 15) is 18.9 Å².